The molecule has 0 bridgehead atoms. The summed E-state index contributed by atoms with van der Waals surface area (Å²) in [5.74, 6) is 0.349. The molecule has 0 aliphatic heterocycles. The van der Waals surface area contributed by atoms with Crippen LogP contribution in [0, 0.1) is 5.82 Å². The lowest BCUT2D eigenvalue weighted by molar-refractivity contribution is -0.115. The highest BCUT2D eigenvalue weighted by molar-refractivity contribution is 7.99. The number of halogens is 1. The number of amides is 1. The van der Waals surface area contributed by atoms with Crippen molar-refractivity contribution in [1.82, 2.24) is 5.32 Å². The fourth-order valence-electron chi connectivity index (χ4n) is 1.73. The van der Waals surface area contributed by atoms with Crippen LogP contribution in [0.3, 0.4) is 0 Å². The van der Waals surface area contributed by atoms with Crippen LogP contribution in [0.25, 0.3) is 0 Å². The second kappa shape index (κ2) is 8.44. The van der Waals surface area contributed by atoms with Crippen LogP contribution < -0.4 is 10.6 Å². The number of thioether (sulfide) groups is 1. The molecular formula is C16H17FN2OS. The molecule has 0 atom stereocenters. The normalized spacial score (nSPS) is 10.3. The van der Waals surface area contributed by atoms with Crippen molar-refractivity contribution in [1.29, 1.82) is 0 Å². The number of rotatable bonds is 7. The lowest BCUT2D eigenvalue weighted by atomic mass is 10.3. The Labute approximate surface area is 127 Å². The summed E-state index contributed by atoms with van der Waals surface area (Å²) in [6.45, 7) is 0.946. The van der Waals surface area contributed by atoms with Gasteiger partial charge in [0.25, 0.3) is 0 Å². The van der Waals surface area contributed by atoms with E-state index in [2.05, 4.69) is 22.8 Å². The molecule has 21 heavy (non-hydrogen) atoms. The van der Waals surface area contributed by atoms with Gasteiger partial charge in [-0.2, -0.15) is 0 Å². The van der Waals surface area contributed by atoms with Crippen molar-refractivity contribution in [2.45, 2.75) is 4.90 Å². The molecule has 2 N–H and O–H groups in total. The standard InChI is InChI=1S/C16H17FN2OS/c17-13-5-4-6-14(11-13)19-16(20)12-18-9-10-21-15-7-2-1-3-8-15/h1-8,11,18H,9-10,12H2,(H,19,20). The smallest absolute Gasteiger partial charge is 0.238 e. The van der Waals surface area contributed by atoms with Crippen molar-refractivity contribution in [2.75, 3.05) is 24.2 Å². The molecule has 2 rings (SSSR count). The zero-order chi connectivity index (χ0) is 14.9. The lowest BCUT2D eigenvalue weighted by Crippen LogP contribution is -2.29. The molecule has 3 nitrogen and oxygen atoms in total. The molecule has 0 aliphatic carbocycles. The largest absolute Gasteiger partial charge is 0.325 e. The molecule has 0 heterocycles. The number of hydrogen-bond donors (Lipinski definition) is 2. The van der Waals surface area contributed by atoms with Gasteiger partial charge in [0.2, 0.25) is 5.91 Å². The lowest BCUT2D eigenvalue weighted by Gasteiger charge is -2.07. The Hall–Kier alpha value is -1.85. The molecule has 110 valence electrons. The molecule has 0 fully saturated rings. The van der Waals surface area contributed by atoms with E-state index in [4.69, 9.17) is 0 Å². The van der Waals surface area contributed by atoms with Crippen molar-refractivity contribution in [2.24, 2.45) is 0 Å². The summed E-state index contributed by atoms with van der Waals surface area (Å²) < 4.78 is 13.0. The van der Waals surface area contributed by atoms with Gasteiger partial charge in [-0.3, -0.25) is 4.79 Å². The molecule has 1 amide bonds. The molecular weight excluding hydrogens is 287 g/mol. The average Bonchev–Trinajstić information content (AvgIpc) is 2.48. The van der Waals surface area contributed by atoms with E-state index in [0.29, 0.717) is 5.69 Å². The van der Waals surface area contributed by atoms with Gasteiger partial charge in [0, 0.05) is 22.9 Å². The Kier molecular flexibility index (Phi) is 6.24. The number of anilines is 1. The van der Waals surface area contributed by atoms with E-state index < -0.39 is 0 Å². The third-order valence-corrected chi connectivity index (χ3v) is 3.70. The average molecular weight is 304 g/mol. The van der Waals surface area contributed by atoms with Gasteiger partial charge >= 0.3 is 0 Å². The van der Waals surface area contributed by atoms with E-state index in [9.17, 15) is 9.18 Å². The van der Waals surface area contributed by atoms with Crippen molar-refractivity contribution < 1.29 is 9.18 Å². The molecule has 0 spiro atoms. The summed E-state index contributed by atoms with van der Waals surface area (Å²) in [6, 6.07) is 16.0. The summed E-state index contributed by atoms with van der Waals surface area (Å²) in [5, 5.41) is 5.71. The number of benzene rings is 2. The molecule has 5 heteroatoms. The Morgan fingerprint density at radius 2 is 1.90 bits per heavy atom. The maximum absolute atomic E-state index is 13.0. The highest BCUT2D eigenvalue weighted by Gasteiger charge is 2.02. The van der Waals surface area contributed by atoms with Crippen LogP contribution in [-0.2, 0) is 4.79 Å². The number of carbonyl (C=O) groups excluding carboxylic acids is 1. The van der Waals surface area contributed by atoms with Crippen LogP contribution in [0.15, 0.2) is 59.5 Å². The van der Waals surface area contributed by atoms with Gasteiger partial charge in [-0.15, -0.1) is 11.8 Å². The Morgan fingerprint density at radius 3 is 2.67 bits per heavy atom. The number of carbonyl (C=O) groups is 1. The molecule has 0 saturated carbocycles. The second-order valence-electron chi connectivity index (χ2n) is 4.40. The van der Waals surface area contributed by atoms with Gasteiger partial charge in [0.15, 0.2) is 0 Å². The van der Waals surface area contributed by atoms with E-state index in [1.807, 2.05) is 18.2 Å². The maximum atomic E-state index is 13.0. The summed E-state index contributed by atoms with van der Waals surface area (Å²) in [4.78, 5) is 12.9. The minimum atomic E-state index is -0.361. The van der Waals surface area contributed by atoms with Gasteiger partial charge in [-0.1, -0.05) is 24.3 Å². The number of hydrogen-bond acceptors (Lipinski definition) is 3. The SMILES string of the molecule is O=C(CNCCSc1ccccc1)Nc1cccc(F)c1. The predicted molar refractivity (Wildman–Crippen MR) is 85.1 cm³/mol. The summed E-state index contributed by atoms with van der Waals surface area (Å²) in [7, 11) is 0. The minimum Gasteiger partial charge on any atom is -0.325 e. The van der Waals surface area contributed by atoms with E-state index in [-0.39, 0.29) is 18.3 Å². The Morgan fingerprint density at radius 1 is 1.10 bits per heavy atom. The van der Waals surface area contributed by atoms with Crippen LogP contribution in [0.1, 0.15) is 0 Å². The molecule has 2 aromatic rings. The first-order valence-electron chi connectivity index (χ1n) is 6.68. The van der Waals surface area contributed by atoms with Crippen molar-refractivity contribution >= 4 is 23.4 Å². The van der Waals surface area contributed by atoms with E-state index in [1.54, 1.807) is 23.9 Å². The molecule has 0 saturated heterocycles. The van der Waals surface area contributed by atoms with Gasteiger partial charge in [0.05, 0.1) is 6.54 Å². The minimum absolute atomic E-state index is 0.176. The van der Waals surface area contributed by atoms with E-state index in [0.717, 1.165) is 12.3 Å². The summed E-state index contributed by atoms with van der Waals surface area (Å²) in [6.07, 6.45) is 0. The van der Waals surface area contributed by atoms with Gasteiger partial charge in [0.1, 0.15) is 5.82 Å². The second-order valence-corrected chi connectivity index (χ2v) is 5.57. The first kappa shape index (κ1) is 15.5. The van der Waals surface area contributed by atoms with Crippen molar-refractivity contribution in [3.63, 3.8) is 0 Å². The fourth-order valence-corrected chi connectivity index (χ4v) is 2.56. The summed E-state index contributed by atoms with van der Waals surface area (Å²) in [5.41, 5.74) is 0.473. The first-order valence-corrected chi connectivity index (χ1v) is 7.66. The quantitative estimate of drug-likeness (QED) is 0.610. The van der Waals surface area contributed by atoms with Crippen LogP contribution in [-0.4, -0.2) is 24.7 Å². The Bertz CT molecular complexity index is 577. The van der Waals surface area contributed by atoms with Gasteiger partial charge in [-0.25, -0.2) is 4.39 Å². The Balaban J connectivity index is 1.61. The highest BCUT2D eigenvalue weighted by Crippen LogP contribution is 2.15. The van der Waals surface area contributed by atoms with Crippen LogP contribution in [0.5, 0.6) is 0 Å². The molecule has 0 unspecified atom stereocenters. The zero-order valence-corrected chi connectivity index (χ0v) is 12.3. The molecule has 0 aromatic heterocycles. The van der Waals surface area contributed by atoms with Gasteiger partial charge < -0.3 is 10.6 Å². The van der Waals surface area contributed by atoms with Crippen molar-refractivity contribution in [3.05, 3.63) is 60.4 Å². The van der Waals surface area contributed by atoms with E-state index in [1.165, 1.54) is 17.0 Å². The first-order chi connectivity index (χ1) is 10.2. The maximum Gasteiger partial charge on any atom is 0.238 e. The molecule has 0 radical (unpaired) electrons. The topological polar surface area (TPSA) is 41.1 Å². The zero-order valence-electron chi connectivity index (χ0n) is 11.5. The van der Waals surface area contributed by atoms with Crippen LogP contribution in [0.2, 0.25) is 0 Å². The predicted octanol–water partition coefficient (Wildman–Crippen LogP) is 3.15. The monoisotopic (exact) mass is 304 g/mol. The van der Waals surface area contributed by atoms with Crippen molar-refractivity contribution in [3.8, 4) is 0 Å². The van der Waals surface area contributed by atoms with Gasteiger partial charge in [-0.05, 0) is 30.3 Å². The third kappa shape index (κ3) is 5.97. The van der Waals surface area contributed by atoms with Crippen LogP contribution >= 0.6 is 11.8 Å². The molecule has 0 aliphatic rings. The highest BCUT2D eigenvalue weighted by atomic mass is 32.2. The third-order valence-electron chi connectivity index (χ3n) is 2.68. The fraction of sp³-hybridized carbons (Fsp3) is 0.188. The number of nitrogens with one attached hydrogen (secondary N) is 2. The summed E-state index contributed by atoms with van der Waals surface area (Å²) >= 11 is 1.73. The van der Waals surface area contributed by atoms with Crippen LogP contribution in [0.4, 0.5) is 10.1 Å². The molecule has 2 aromatic carbocycles. The van der Waals surface area contributed by atoms with E-state index >= 15 is 0 Å².